The van der Waals surface area contributed by atoms with Gasteiger partial charge < -0.3 is 0 Å². The van der Waals surface area contributed by atoms with Gasteiger partial charge in [0.1, 0.15) is 6.67 Å². The number of hydrogen-bond acceptors (Lipinski definition) is 4. The molecule has 114 valence electrons. The maximum atomic E-state index is 5.94. The van der Waals surface area contributed by atoms with Gasteiger partial charge in [0.15, 0.2) is 0 Å². The van der Waals surface area contributed by atoms with Gasteiger partial charge in [-0.15, -0.1) is 0 Å². The topological polar surface area (TPSA) is 58.5 Å². The number of nitrogens with two attached hydrogens (primary N) is 2. The van der Waals surface area contributed by atoms with Gasteiger partial charge in [-0.25, -0.2) is 11.7 Å². The molecule has 0 radical (unpaired) electrons. The highest BCUT2D eigenvalue weighted by atomic mass is 15.5. The van der Waals surface area contributed by atoms with Crippen LogP contribution in [0.3, 0.4) is 0 Å². The summed E-state index contributed by atoms with van der Waals surface area (Å²) in [4.78, 5) is 0. The first kappa shape index (κ1) is 17.0. The van der Waals surface area contributed by atoms with E-state index in [-0.39, 0.29) is 0 Å². The van der Waals surface area contributed by atoms with E-state index in [0.717, 1.165) is 11.4 Å². The summed E-state index contributed by atoms with van der Waals surface area (Å²) in [5.41, 5.74) is 1.86. The molecule has 0 aliphatic carbocycles. The second-order valence-corrected chi connectivity index (χ2v) is 4.75. The van der Waals surface area contributed by atoms with Gasteiger partial charge in [0.25, 0.3) is 0 Å². The van der Waals surface area contributed by atoms with E-state index >= 15 is 0 Å². The van der Waals surface area contributed by atoms with E-state index in [4.69, 9.17) is 11.7 Å². The zero-order valence-corrected chi connectivity index (χ0v) is 12.9. The Morgan fingerprint density at radius 2 is 1.00 bits per heavy atom. The van der Waals surface area contributed by atoms with Crippen LogP contribution in [-0.4, -0.2) is 6.67 Å². The highest BCUT2D eigenvalue weighted by Gasteiger charge is 2.05. The van der Waals surface area contributed by atoms with E-state index < -0.39 is 0 Å². The van der Waals surface area contributed by atoms with Gasteiger partial charge in [-0.3, -0.25) is 10.0 Å². The number of unbranched alkanes of at least 4 members (excludes halogenated alkanes) is 1. The van der Waals surface area contributed by atoms with Crippen molar-refractivity contribution in [3.8, 4) is 0 Å². The minimum absolute atomic E-state index is 0.425. The van der Waals surface area contributed by atoms with Crippen molar-refractivity contribution in [2.75, 3.05) is 16.7 Å². The van der Waals surface area contributed by atoms with Crippen LogP contribution in [0.1, 0.15) is 26.7 Å². The van der Waals surface area contributed by atoms with Crippen LogP contribution >= 0.6 is 0 Å². The predicted octanol–water partition coefficient (Wildman–Crippen LogP) is 3.51. The Kier molecular flexibility index (Phi) is 7.94. The Morgan fingerprint density at radius 3 is 1.29 bits per heavy atom. The summed E-state index contributed by atoms with van der Waals surface area (Å²) in [7, 11) is 0. The third-order valence-electron chi connectivity index (χ3n) is 2.98. The van der Waals surface area contributed by atoms with Crippen molar-refractivity contribution in [1.82, 2.24) is 0 Å². The molecule has 4 heteroatoms. The van der Waals surface area contributed by atoms with Crippen molar-refractivity contribution in [3.05, 3.63) is 60.7 Å². The van der Waals surface area contributed by atoms with Crippen LogP contribution in [0, 0.1) is 0 Å². The van der Waals surface area contributed by atoms with E-state index in [2.05, 4.69) is 13.8 Å². The fourth-order valence-electron chi connectivity index (χ4n) is 1.57. The molecule has 0 aliphatic heterocycles. The number of rotatable bonds is 5. The zero-order valence-electron chi connectivity index (χ0n) is 12.9. The highest BCUT2D eigenvalue weighted by Crippen LogP contribution is 2.13. The SMILES string of the molecule is CCCC.NN(CN(N)c1ccccc1)c1ccccc1. The van der Waals surface area contributed by atoms with Gasteiger partial charge >= 0.3 is 0 Å². The minimum atomic E-state index is 0.425. The van der Waals surface area contributed by atoms with Crippen molar-refractivity contribution in [2.24, 2.45) is 11.7 Å². The average molecular weight is 286 g/mol. The maximum Gasteiger partial charge on any atom is 0.119 e. The van der Waals surface area contributed by atoms with Crippen molar-refractivity contribution < 1.29 is 0 Å². The van der Waals surface area contributed by atoms with Gasteiger partial charge in [-0.1, -0.05) is 63.1 Å². The van der Waals surface area contributed by atoms with E-state index in [1.54, 1.807) is 10.0 Å². The summed E-state index contributed by atoms with van der Waals surface area (Å²) in [6.45, 7) is 4.79. The normalized spacial score (nSPS) is 9.52. The van der Waals surface area contributed by atoms with Gasteiger partial charge in [0.05, 0.1) is 11.4 Å². The van der Waals surface area contributed by atoms with Crippen LogP contribution in [-0.2, 0) is 0 Å². The Bertz CT molecular complexity index is 427. The van der Waals surface area contributed by atoms with Gasteiger partial charge in [-0.05, 0) is 24.3 Å². The third kappa shape index (κ3) is 6.29. The molecule has 0 atom stereocenters. The molecule has 0 unspecified atom stereocenters. The van der Waals surface area contributed by atoms with E-state index in [0.29, 0.717) is 6.67 Å². The molecule has 0 fully saturated rings. The minimum Gasteiger partial charge on any atom is -0.290 e. The smallest absolute Gasteiger partial charge is 0.119 e. The molecule has 0 heterocycles. The van der Waals surface area contributed by atoms with Crippen molar-refractivity contribution in [3.63, 3.8) is 0 Å². The molecule has 0 spiro atoms. The highest BCUT2D eigenvalue weighted by molar-refractivity contribution is 5.49. The number of para-hydroxylation sites is 2. The lowest BCUT2D eigenvalue weighted by Crippen LogP contribution is -2.46. The summed E-state index contributed by atoms with van der Waals surface area (Å²) in [5.74, 6) is 11.9. The van der Waals surface area contributed by atoms with Crippen LogP contribution < -0.4 is 21.7 Å². The second kappa shape index (κ2) is 9.80. The summed E-state index contributed by atoms with van der Waals surface area (Å²) in [5, 5.41) is 3.21. The molecule has 0 saturated heterocycles. The predicted molar refractivity (Wildman–Crippen MR) is 91.7 cm³/mol. The Hall–Kier alpha value is -2.04. The lowest BCUT2D eigenvalue weighted by atomic mass is 10.3. The molecular weight excluding hydrogens is 260 g/mol. The number of hydrogen-bond donors (Lipinski definition) is 2. The van der Waals surface area contributed by atoms with E-state index in [9.17, 15) is 0 Å². The van der Waals surface area contributed by atoms with E-state index in [1.807, 2.05) is 60.7 Å². The zero-order chi connectivity index (χ0) is 15.5. The second-order valence-electron chi connectivity index (χ2n) is 4.75. The number of hydrazine groups is 2. The molecule has 4 N–H and O–H groups in total. The van der Waals surface area contributed by atoms with Crippen LogP contribution in [0.5, 0.6) is 0 Å². The molecule has 21 heavy (non-hydrogen) atoms. The largest absolute Gasteiger partial charge is 0.290 e. The van der Waals surface area contributed by atoms with Crippen LogP contribution in [0.25, 0.3) is 0 Å². The maximum absolute atomic E-state index is 5.94. The number of nitrogens with zero attached hydrogens (tertiary/aromatic N) is 2. The molecule has 4 nitrogen and oxygen atoms in total. The number of benzene rings is 2. The monoisotopic (exact) mass is 286 g/mol. The molecule has 0 bridgehead atoms. The fraction of sp³-hybridized carbons (Fsp3) is 0.294. The third-order valence-corrected chi connectivity index (χ3v) is 2.98. The Balaban J connectivity index is 0.000000491. The van der Waals surface area contributed by atoms with Crippen LogP contribution in [0.4, 0.5) is 11.4 Å². The number of anilines is 2. The molecular formula is C17H26N4. The summed E-state index contributed by atoms with van der Waals surface area (Å²) in [6, 6.07) is 19.5. The van der Waals surface area contributed by atoms with Crippen LogP contribution in [0.2, 0.25) is 0 Å². The lowest BCUT2D eigenvalue weighted by Gasteiger charge is -2.26. The van der Waals surface area contributed by atoms with Crippen molar-refractivity contribution in [2.45, 2.75) is 26.7 Å². The first-order chi connectivity index (χ1) is 10.2. The molecule has 2 aromatic rings. The Labute approximate surface area is 127 Å². The summed E-state index contributed by atoms with van der Waals surface area (Å²) >= 11 is 0. The molecule has 0 amide bonds. The first-order valence-electron chi connectivity index (χ1n) is 7.33. The van der Waals surface area contributed by atoms with Crippen molar-refractivity contribution in [1.29, 1.82) is 0 Å². The molecule has 0 saturated carbocycles. The summed E-state index contributed by atoms with van der Waals surface area (Å²) < 4.78 is 0. The molecule has 0 aliphatic rings. The molecule has 0 aromatic heterocycles. The summed E-state index contributed by atoms with van der Waals surface area (Å²) in [6.07, 6.45) is 2.64. The Morgan fingerprint density at radius 1 is 0.667 bits per heavy atom. The average Bonchev–Trinajstić information content (AvgIpc) is 2.56. The van der Waals surface area contributed by atoms with Crippen LogP contribution in [0.15, 0.2) is 60.7 Å². The standard InChI is InChI=1S/C13H16N4.C4H10/c14-16(12-7-3-1-4-8-12)11-17(15)13-9-5-2-6-10-13;1-3-4-2/h1-10H,11,14-15H2;3-4H2,1-2H3. The van der Waals surface area contributed by atoms with Gasteiger partial charge in [-0.2, -0.15) is 0 Å². The van der Waals surface area contributed by atoms with E-state index in [1.165, 1.54) is 12.8 Å². The van der Waals surface area contributed by atoms with Crippen molar-refractivity contribution >= 4 is 11.4 Å². The molecule has 2 rings (SSSR count). The van der Waals surface area contributed by atoms with Gasteiger partial charge in [0.2, 0.25) is 0 Å². The quantitative estimate of drug-likeness (QED) is 0.501. The first-order valence-corrected chi connectivity index (χ1v) is 7.33. The van der Waals surface area contributed by atoms with Gasteiger partial charge in [0, 0.05) is 0 Å². The molecule has 2 aromatic carbocycles. The fourth-order valence-corrected chi connectivity index (χ4v) is 1.57. The lowest BCUT2D eigenvalue weighted by molar-refractivity contribution is 0.771.